The fourth-order valence-corrected chi connectivity index (χ4v) is 1.81. The maximum absolute atomic E-state index is 11.7. The van der Waals surface area contributed by atoms with Crippen LogP contribution in [-0.2, 0) is 13.0 Å². The van der Waals surface area contributed by atoms with Crippen LogP contribution in [0, 0.1) is 0 Å². The topological polar surface area (TPSA) is 59.0 Å². The van der Waals surface area contributed by atoms with E-state index in [1.165, 1.54) is 0 Å². The van der Waals surface area contributed by atoms with Crippen molar-refractivity contribution in [3.63, 3.8) is 0 Å². The summed E-state index contributed by atoms with van der Waals surface area (Å²) >= 11 is 0. The van der Waals surface area contributed by atoms with Gasteiger partial charge >= 0.3 is 0 Å². The van der Waals surface area contributed by atoms with Gasteiger partial charge in [-0.25, -0.2) is 4.98 Å². The quantitative estimate of drug-likeness (QED) is 0.875. The number of fused-ring (bicyclic) bond motifs is 1. The van der Waals surface area contributed by atoms with E-state index < -0.39 is 0 Å². The number of halogens is 2. The average Bonchev–Trinajstić information content (AvgIpc) is 2.58. The van der Waals surface area contributed by atoms with Gasteiger partial charge < -0.3 is 15.2 Å². The lowest BCUT2D eigenvalue weighted by atomic mass is 10.4. The Bertz CT molecular complexity index is 358. The molecule has 0 fully saturated rings. The monoisotopic (exact) mass is 294 g/mol. The summed E-state index contributed by atoms with van der Waals surface area (Å²) in [5.41, 5.74) is 0.547. The average molecular weight is 295 g/mol. The Morgan fingerprint density at radius 3 is 3.00 bits per heavy atom. The smallest absolute Gasteiger partial charge is 0.271 e. The molecule has 2 N–H and O–H groups in total. The van der Waals surface area contributed by atoms with Gasteiger partial charge in [0.05, 0.1) is 0 Å². The Balaban J connectivity index is 0.00000144. The molecule has 7 heteroatoms. The van der Waals surface area contributed by atoms with Gasteiger partial charge in [-0.2, -0.15) is 0 Å². The molecule has 1 aliphatic heterocycles. The largest absolute Gasteiger partial charge is 0.351 e. The minimum atomic E-state index is -0.0598. The van der Waals surface area contributed by atoms with E-state index in [1.54, 1.807) is 0 Å². The lowest BCUT2D eigenvalue weighted by Gasteiger charge is -2.00. The maximum atomic E-state index is 11.7. The number of amides is 1. The van der Waals surface area contributed by atoms with Gasteiger partial charge in [0.15, 0.2) is 0 Å². The second kappa shape index (κ2) is 8.34. The van der Waals surface area contributed by atoms with Crippen LogP contribution in [0.25, 0.3) is 0 Å². The van der Waals surface area contributed by atoms with E-state index in [9.17, 15) is 4.79 Å². The first-order chi connectivity index (χ1) is 7.81. The van der Waals surface area contributed by atoms with Crippen LogP contribution in [0.4, 0.5) is 0 Å². The summed E-state index contributed by atoms with van der Waals surface area (Å²) in [5.74, 6) is 0.946. The van der Waals surface area contributed by atoms with Crippen molar-refractivity contribution in [2.75, 3.05) is 19.6 Å². The van der Waals surface area contributed by atoms with Crippen LogP contribution in [0.1, 0.15) is 29.7 Å². The van der Waals surface area contributed by atoms with E-state index in [0.717, 1.165) is 38.3 Å². The first-order valence-corrected chi connectivity index (χ1v) is 5.86. The van der Waals surface area contributed by atoms with Gasteiger partial charge in [-0.1, -0.05) is 6.92 Å². The highest BCUT2D eigenvalue weighted by atomic mass is 35.5. The molecule has 18 heavy (non-hydrogen) atoms. The molecule has 0 atom stereocenters. The van der Waals surface area contributed by atoms with E-state index in [1.807, 2.05) is 13.1 Å². The summed E-state index contributed by atoms with van der Waals surface area (Å²) in [6, 6.07) is 0. The molecule has 0 aromatic carbocycles. The van der Waals surface area contributed by atoms with E-state index in [4.69, 9.17) is 0 Å². The molecule has 1 aliphatic rings. The number of hydrogen-bond donors (Lipinski definition) is 2. The van der Waals surface area contributed by atoms with Gasteiger partial charge in [0.1, 0.15) is 11.5 Å². The molecule has 1 amide bonds. The van der Waals surface area contributed by atoms with Crippen molar-refractivity contribution in [1.82, 2.24) is 20.2 Å². The highest BCUT2D eigenvalue weighted by Crippen LogP contribution is 2.06. The lowest BCUT2D eigenvalue weighted by Crippen LogP contribution is -2.24. The third-order valence-electron chi connectivity index (χ3n) is 2.68. The highest BCUT2D eigenvalue weighted by molar-refractivity contribution is 5.92. The molecule has 0 unspecified atom stereocenters. The fourth-order valence-electron chi connectivity index (χ4n) is 1.81. The van der Waals surface area contributed by atoms with Crippen LogP contribution < -0.4 is 10.6 Å². The van der Waals surface area contributed by atoms with Crippen molar-refractivity contribution >= 4 is 30.7 Å². The Hall–Kier alpha value is -0.780. The van der Waals surface area contributed by atoms with Crippen LogP contribution in [-0.4, -0.2) is 35.1 Å². The molecule has 0 aliphatic carbocycles. The van der Waals surface area contributed by atoms with Crippen molar-refractivity contribution < 1.29 is 4.79 Å². The number of nitrogens with zero attached hydrogens (tertiary/aromatic N) is 2. The number of carbonyl (C=O) groups excluding carboxylic acids is 1. The third kappa shape index (κ3) is 4.15. The van der Waals surface area contributed by atoms with Crippen molar-refractivity contribution in [3.05, 3.63) is 17.7 Å². The molecule has 1 aromatic heterocycles. The van der Waals surface area contributed by atoms with Crippen molar-refractivity contribution in [3.8, 4) is 0 Å². The van der Waals surface area contributed by atoms with Crippen molar-refractivity contribution in [2.24, 2.45) is 0 Å². The first kappa shape index (κ1) is 17.2. The highest BCUT2D eigenvalue weighted by Gasteiger charge is 2.14. The van der Waals surface area contributed by atoms with Gasteiger partial charge in [-0.3, -0.25) is 4.79 Å². The number of aromatic nitrogens is 2. The van der Waals surface area contributed by atoms with Crippen LogP contribution in [0.2, 0.25) is 0 Å². The van der Waals surface area contributed by atoms with E-state index >= 15 is 0 Å². The van der Waals surface area contributed by atoms with E-state index in [2.05, 4.69) is 20.2 Å². The van der Waals surface area contributed by atoms with Crippen molar-refractivity contribution in [1.29, 1.82) is 0 Å². The molecule has 0 radical (unpaired) electrons. The normalized spacial score (nSPS) is 13.6. The van der Waals surface area contributed by atoms with Gasteiger partial charge in [0.25, 0.3) is 5.91 Å². The second-order valence-electron chi connectivity index (χ2n) is 3.99. The number of imidazole rings is 1. The maximum Gasteiger partial charge on any atom is 0.271 e. The molecule has 0 saturated heterocycles. The van der Waals surface area contributed by atoms with Crippen LogP contribution in [0.15, 0.2) is 6.20 Å². The number of carbonyl (C=O) groups is 1. The molecular formula is C11H20Cl2N4O. The van der Waals surface area contributed by atoms with Gasteiger partial charge in [-0.05, 0) is 6.42 Å². The predicted molar refractivity (Wildman–Crippen MR) is 75.9 cm³/mol. The summed E-state index contributed by atoms with van der Waals surface area (Å²) in [6.07, 6.45) is 3.69. The first-order valence-electron chi connectivity index (χ1n) is 5.86. The molecule has 2 rings (SSSR count). The third-order valence-corrected chi connectivity index (χ3v) is 2.68. The Kier molecular flexibility index (Phi) is 7.98. The van der Waals surface area contributed by atoms with Crippen LogP contribution in [0.3, 0.4) is 0 Å². The minimum absolute atomic E-state index is 0. The zero-order valence-electron chi connectivity index (χ0n) is 10.4. The lowest BCUT2D eigenvalue weighted by molar-refractivity contribution is 0.0949. The standard InChI is InChI=1S/C11H18N4O.2ClH/c1-2-4-13-11(16)9-8-15-7-6-12-5-3-10(15)14-9;;/h8,12H,2-7H2,1H3,(H,13,16);2*1H. The van der Waals surface area contributed by atoms with Gasteiger partial charge in [-0.15, -0.1) is 24.8 Å². The molecular weight excluding hydrogens is 275 g/mol. The summed E-state index contributed by atoms with van der Waals surface area (Å²) in [6.45, 7) is 5.52. The van der Waals surface area contributed by atoms with Crippen LogP contribution in [0.5, 0.6) is 0 Å². The summed E-state index contributed by atoms with van der Waals surface area (Å²) in [5, 5.41) is 6.14. The zero-order chi connectivity index (χ0) is 11.4. The SMILES string of the molecule is CCCNC(=O)c1cn2c(n1)CCNCC2.Cl.Cl. The number of hydrogen-bond acceptors (Lipinski definition) is 3. The summed E-state index contributed by atoms with van der Waals surface area (Å²) < 4.78 is 2.07. The number of rotatable bonds is 3. The molecule has 0 saturated carbocycles. The number of nitrogens with one attached hydrogen (secondary N) is 2. The predicted octanol–water partition coefficient (Wildman–Crippen LogP) is 1.01. The molecule has 1 aromatic rings. The fraction of sp³-hybridized carbons (Fsp3) is 0.636. The summed E-state index contributed by atoms with van der Waals surface area (Å²) in [4.78, 5) is 16.1. The Morgan fingerprint density at radius 1 is 1.50 bits per heavy atom. The van der Waals surface area contributed by atoms with E-state index in [-0.39, 0.29) is 30.7 Å². The Labute approximate surface area is 120 Å². The Morgan fingerprint density at radius 2 is 2.28 bits per heavy atom. The molecule has 104 valence electrons. The van der Waals surface area contributed by atoms with Gasteiger partial charge in [0, 0.05) is 38.8 Å². The molecule has 5 nitrogen and oxygen atoms in total. The molecule has 2 heterocycles. The van der Waals surface area contributed by atoms with Crippen molar-refractivity contribution in [2.45, 2.75) is 26.3 Å². The minimum Gasteiger partial charge on any atom is -0.351 e. The molecule has 0 bridgehead atoms. The van der Waals surface area contributed by atoms with E-state index in [0.29, 0.717) is 12.2 Å². The molecule has 0 spiro atoms. The second-order valence-corrected chi connectivity index (χ2v) is 3.99. The zero-order valence-corrected chi connectivity index (χ0v) is 12.1. The van der Waals surface area contributed by atoms with Crippen LogP contribution >= 0.6 is 24.8 Å². The summed E-state index contributed by atoms with van der Waals surface area (Å²) in [7, 11) is 0. The van der Waals surface area contributed by atoms with Gasteiger partial charge in [0.2, 0.25) is 0 Å².